The van der Waals surface area contributed by atoms with Crippen LogP contribution in [0, 0.1) is 11.7 Å². The van der Waals surface area contributed by atoms with Crippen LogP contribution in [0.4, 0.5) is 15.1 Å². The minimum absolute atomic E-state index is 0.0969. The summed E-state index contributed by atoms with van der Waals surface area (Å²) in [5.74, 6) is -0.385. The van der Waals surface area contributed by atoms with Crippen molar-refractivity contribution in [1.29, 1.82) is 0 Å². The average Bonchev–Trinajstić information content (AvgIpc) is 3.08. The van der Waals surface area contributed by atoms with Gasteiger partial charge in [-0.15, -0.1) is 11.3 Å². The molecule has 2 N–H and O–H groups in total. The molecule has 2 aliphatic rings. The Bertz CT molecular complexity index is 974. The van der Waals surface area contributed by atoms with Crippen molar-refractivity contribution >= 4 is 33.8 Å². The number of nitrogens with zero attached hydrogens (tertiary/aromatic N) is 1. The average molecular weight is 444 g/mol. The number of likely N-dealkylation sites (tertiary alicyclic amines) is 1. The summed E-state index contributed by atoms with van der Waals surface area (Å²) in [4.78, 5) is 29.4. The SMILES string of the molecule is CC1CCc2c(sc(NC(=O)CN3CCCCC3C)c2C(=O)Nc2ccccc2F)C1. The number of thiophene rings is 1. The Balaban J connectivity index is 1.57. The predicted molar refractivity (Wildman–Crippen MR) is 123 cm³/mol. The number of carbonyl (C=O) groups excluding carboxylic acids is 2. The molecule has 166 valence electrons. The largest absolute Gasteiger partial charge is 0.319 e. The van der Waals surface area contributed by atoms with Crippen LogP contribution in [-0.2, 0) is 17.6 Å². The summed E-state index contributed by atoms with van der Waals surface area (Å²) in [6, 6.07) is 6.53. The number of halogens is 1. The minimum atomic E-state index is -0.474. The number of hydrogen-bond donors (Lipinski definition) is 2. The van der Waals surface area contributed by atoms with E-state index in [1.807, 2.05) is 0 Å². The van der Waals surface area contributed by atoms with Gasteiger partial charge in [0.2, 0.25) is 5.91 Å². The highest BCUT2D eigenvalue weighted by atomic mass is 32.1. The number of nitrogens with one attached hydrogen (secondary N) is 2. The van der Waals surface area contributed by atoms with Crippen molar-refractivity contribution in [3.63, 3.8) is 0 Å². The summed E-state index contributed by atoms with van der Waals surface area (Å²) in [6.45, 7) is 5.62. The van der Waals surface area contributed by atoms with Crippen LogP contribution in [0.3, 0.4) is 0 Å². The van der Waals surface area contributed by atoms with E-state index in [1.54, 1.807) is 18.2 Å². The molecular weight excluding hydrogens is 413 g/mol. The van der Waals surface area contributed by atoms with Crippen molar-refractivity contribution in [2.24, 2.45) is 5.92 Å². The number of fused-ring (bicyclic) bond motifs is 1. The summed E-state index contributed by atoms with van der Waals surface area (Å²) >= 11 is 1.49. The van der Waals surface area contributed by atoms with E-state index >= 15 is 0 Å². The zero-order chi connectivity index (χ0) is 22.0. The first-order valence-electron chi connectivity index (χ1n) is 11.2. The van der Waals surface area contributed by atoms with Crippen molar-refractivity contribution < 1.29 is 14.0 Å². The second-order valence-corrected chi connectivity index (χ2v) is 9.96. The number of amides is 2. The maximum atomic E-state index is 14.1. The molecule has 1 aromatic carbocycles. The van der Waals surface area contributed by atoms with E-state index in [1.165, 1.54) is 23.8 Å². The Morgan fingerprint density at radius 3 is 2.74 bits per heavy atom. The van der Waals surface area contributed by atoms with Crippen LogP contribution in [0.15, 0.2) is 24.3 Å². The summed E-state index contributed by atoms with van der Waals surface area (Å²) < 4.78 is 14.1. The summed E-state index contributed by atoms with van der Waals surface area (Å²) in [5.41, 5.74) is 1.64. The van der Waals surface area contributed by atoms with Gasteiger partial charge in [0.05, 0.1) is 17.8 Å². The van der Waals surface area contributed by atoms with Crippen molar-refractivity contribution in [3.8, 4) is 0 Å². The first-order chi connectivity index (χ1) is 14.9. The van der Waals surface area contributed by atoms with Crippen molar-refractivity contribution in [3.05, 3.63) is 46.1 Å². The van der Waals surface area contributed by atoms with Crippen molar-refractivity contribution in [1.82, 2.24) is 4.90 Å². The van der Waals surface area contributed by atoms with Crippen LogP contribution >= 0.6 is 11.3 Å². The molecule has 5 nitrogen and oxygen atoms in total. The van der Waals surface area contributed by atoms with Crippen LogP contribution in [0.2, 0.25) is 0 Å². The number of anilines is 2. The van der Waals surface area contributed by atoms with Gasteiger partial charge in [-0.2, -0.15) is 0 Å². The monoisotopic (exact) mass is 443 g/mol. The van der Waals surface area contributed by atoms with E-state index in [4.69, 9.17) is 0 Å². The van der Waals surface area contributed by atoms with Gasteiger partial charge in [0, 0.05) is 10.9 Å². The highest BCUT2D eigenvalue weighted by molar-refractivity contribution is 7.17. The minimum Gasteiger partial charge on any atom is -0.319 e. The van der Waals surface area contributed by atoms with Crippen molar-refractivity contribution in [2.75, 3.05) is 23.7 Å². The first-order valence-corrected chi connectivity index (χ1v) is 12.0. The van der Waals surface area contributed by atoms with Gasteiger partial charge in [-0.05, 0) is 69.2 Å². The van der Waals surface area contributed by atoms with Gasteiger partial charge in [-0.3, -0.25) is 14.5 Å². The molecule has 0 radical (unpaired) electrons. The number of hydrogen-bond acceptors (Lipinski definition) is 4. The number of benzene rings is 1. The van der Waals surface area contributed by atoms with Gasteiger partial charge in [-0.25, -0.2) is 4.39 Å². The molecule has 1 aliphatic heterocycles. The molecule has 1 fully saturated rings. The second kappa shape index (κ2) is 9.49. The van der Waals surface area contributed by atoms with Gasteiger partial charge < -0.3 is 10.6 Å². The highest BCUT2D eigenvalue weighted by Gasteiger charge is 2.29. The fraction of sp³-hybridized carbons (Fsp3) is 0.500. The molecule has 0 saturated carbocycles. The van der Waals surface area contributed by atoms with Crippen LogP contribution in [0.5, 0.6) is 0 Å². The van der Waals surface area contributed by atoms with Crippen LogP contribution in [0.25, 0.3) is 0 Å². The zero-order valence-corrected chi connectivity index (χ0v) is 19.0. The third-order valence-electron chi connectivity index (χ3n) is 6.40. The molecule has 2 heterocycles. The fourth-order valence-electron chi connectivity index (χ4n) is 4.57. The quantitative estimate of drug-likeness (QED) is 0.678. The molecule has 4 rings (SSSR count). The number of rotatable bonds is 5. The summed E-state index contributed by atoms with van der Waals surface area (Å²) in [5, 5.41) is 6.31. The molecular formula is C24H30FN3O2S. The van der Waals surface area contributed by atoms with Crippen LogP contribution < -0.4 is 10.6 Å². The molecule has 2 aromatic rings. The molecule has 1 saturated heterocycles. The van der Waals surface area contributed by atoms with E-state index in [2.05, 4.69) is 29.4 Å². The highest BCUT2D eigenvalue weighted by Crippen LogP contribution is 2.40. The van der Waals surface area contributed by atoms with E-state index in [-0.39, 0.29) is 17.5 Å². The Morgan fingerprint density at radius 1 is 1.16 bits per heavy atom. The van der Waals surface area contributed by atoms with Crippen molar-refractivity contribution in [2.45, 2.75) is 58.4 Å². The van der Waals surface area contributed by atoms with Gasteiger partial charge in [0.15, 0.2) is 0 Å². The zero-order valence-electron chi connectivity index (χ0n) is 18.2. The second-order valence-electron chi connectivity index (χ2n) is 8.85. The maximum Gasteiger partial charge on any atom is 0.259 e. The van der Waals surface area contributed by atoms with E-state index in [9.17, 15) is 14.0 Å². The third-order valence-corrected chi connectivity index (χ3v) is 7.57. The Kier molecular flexibility index (Phi) is 6.72. The lowest BCUT2D eigenvalue weighted by Gasteiger charge is -2.32. The molecule has 0 spiro atoms. The van der Waals surface area contributed by atoms with Crippen LogP contribution in [-0.4, -0.2) is 35.8 Å². The van der Waals surface area contributed by atoms with Crippen LogP contribution in [0.1, 0.15) is 60.3 Å². The molecule has 0 bridgehead atoms. The fourth-order valence-corrected chi connectivity index (χ4v) is 5.99. The lowest BCUT2D eigenvalue weighted by molar-refractivity contribution is -0.118. The Labute approximate surface area is 187 Å². The van der Waals surface area contributed by atoms with Gasteiger partial charge >= 0.3 is 0 Å². The Hall–Kier alpha value is -2.25. The number of carbonyl (C=O) groups is 2. The van der Waals surface area contributed by atoms with E-state index in [0.717, 1.165) is 49.1 Å². The third kappa shape index (κ3) is 4.99. The predicted octanol–water partition coefficient (Wildman–Crippen LogP) is 5.08. The molecule has 2 unspecified atom stereocenters. The molecule has 2 amide bonds. The first kappa shape index (κ1) is 22.0. The lowest BCUT2D eigenvalue weighted by Crippen LogP contribution is -2.42. The number of piperidine rings is 1. The molecule has 31 heavy (non-hydrogen) atoms. The van der Waals surface area contributed by atoms with E-state index in [0.29, 0.717) is 29.1 Å². The smallest absolute Gasteiger partial charge is 0.259 e. The summed E-state index contributed by atoms with van der Waals surface area (Å²) in [6.07, 6.45) is 6.12. The molecule has 1 aromatic heterocycles. The molecule has 7 heteroatoms. The van der Waals surface area contributed by atoms with Gasteiger partial charge in [-0.1, -0.05) is 25.5 Å². The lowest BCUT2D eigenvalue weighted by atomic mass is 9.88. The maximum absolute atomic E-state index is 14.1. The molecule has 2 atom stereocenters. The van der Waals surface area contributed by atoms with E-state index < -0.39 is 5.82 Å². The normalized spacial score (nSPS) is 21.4. The van der Waals surface area contributed by atoms with Gasteiger partial charge in [0.1, 0.15) is 10.8 Å². The molecule has 1 aliphatic carbocycles. The summed E-state index contributed by atoms with van der Waals surface area (Å²) in [7, 11) is 0. The van der Waals surface area contributed by atoms with Gasteiger partial charge in [0.25, 0.3) is 5.91 Å². The number of para-hydroxylation sites is 1. The standard InChI is InChI=1S/C24H30FN3O2S/c1-15-10-11-17-20(13-15)31-24(27-21(29)14-28-12-6-5-7-16(28)2)22(17)23(30)26-19-9-4-3-8-18(19)25/h3-4,8-9,15-16H,5-7,10-14H2,1-2H3,(H,26,30)(H,27,29). The Morgan fingerprint density at radius 2 is 1.97 bits per heavy atom. The topological polar surface area (TPSA) is 61.4 Å².